The SMILES string of the molecule is Cc1ccc(-c2ccc([C@@H]3[C@H](c4ccccn4)NC(=S)N3CCC(=O)Nc3cccc4ccccc34)o2)c(Br)c1. The number of halogens is 1. The normalized spacial score (nSPS) is 16.8. The molecule has 2 N–H and O–H groups in total. The van der Waals surface area contributed by atoms with Crippen LogP contribution in [0.3, 0.4) is 0 Å². The number of hydrogen-bond donors (Lipinski definition) is 2. The minimum Gasteiger partial charge on any atom is -0.459 e. The largest absolute Gasteiger partial charge is 0.459 e. The molecule has 0 bridgehead atoms. The Balaban J connectivity index is 1.26. The number of anilines is 1. The number of amides is 1. The van der Waals surface area contributed by atoms with Gasteiger partial charge in [0.2, 0.25) is 5.91 Å². The zero-order valence-electron chi connectivity index (χ0n) is 21.8. The molecular formula is C32H27BrN4O2S. The lowest BCUT2D eigenvalue weighted by Gasteiger charge is -2.26. The fraction of sp³-hybridized carbons (Fsp3) is 0.156. The van der Waals surface area contributed by atoms with Gasteiger partial charge >= 0.3 is 0 Å². The fourth-order valence-corrected chi connectivity index (χ4v) is 6.22. The van der Waals surface area contributed by atoms with Gasteiger partial charge in [-0.15, -0.1) is 0 Å². The van der Waals surface area contributed by atoms with Crippen molar-refractivity contribution < 1.29 is 9.21 Å². The third-order valence-electron chi connectivity index (χ3n) is 7.15. The molecule has 1 aliphatic rings. The Morgan fingerprint density at radius 2 is 1.88 bits per heavy atom. The molecule has 3 aromatic carbocycles. The summed E-state index contributed by atoms with van der Waals surface area (Å²) in [5.74, 6) is 1.43. The fourth-order valence-electron chi connectivity index (χ4n) is 5.20. The van der Waals surface area contributed by atoms with Crippen molar-refractivity contribution in [3.8, 4) is 11.3 Å². The second-order valence-electron chi connectivity index (χ2n) is 9.83. The minimum atomic E-state index is -0.272. The molecule has 0 aliphatic carbocycles. The van der Waals surface area contributed by atoms with Crippen molar-refractivity contribution in [2.45, 2.75) is 25.4 Å². The van der Waals surface area contributed by atoms with Gasteiger partial charge in [0.1, 0.15) is 17.6 Å². The Hall–Kier alpha value is -4.01. The Labute approximate surface area is 246 Å². The molecule has 1 aliphatic heterocycles. The van der Waals surface area contributed by atoms with E-state index in [-0.39, 0.29) is 24.4 Å². The van der Waals surface area contributed by atoms with Crippen molar-refractivity contribution >= 4 is 55.6 Å². The molecule has 3 heterocycles. The molecule has 0 saturated carbocycles. The van der Waals surface area contributed by atoms with Gasteiger partial charge in [-0.1, -0.05) is 64.5 Å². The molecule has 0 unspecified atom stereocenters. The summed E-state index contributed by atoms with van der Waals surface area (Å²) < 4.78 is 7.42. The van der Waals surface area contributed by atoms with Crippen LogP contribution in [-0.2, 0) is 4.79 Å². The summed E-state index contributed by atoms with van der Waals surface area (Å²) in [5, 5.41) is 9.17. The van der Waals surface area contributed by atoms with E-state index < -0.39 is 0 Å². The first-order valence-electron chi connectivity index (χ1n) is 13.1. The van der Waals surface area contributed by atoms with Crippen molar-refractivity contribution in [3.05, 3.63) is 119 Å². The van der Waals surface area contributed by atoms with Gasteiger partial charge < -0.3 is 20.0 Å². The molecule has 8 heteroatoms. The Kier molecular flexibility index (Phi) is 7.36. The monoisotopic (exact) mass is 610 g/mol. The van der Waals surface area contributed by atoms with Crippen LogP contribution in [0, 0.1) is 6.92 Å². The number of aromatic nitrogens is 1. The quantitative estimate of drug-likeness (QED) is 0.185. The van der Waals surface area contributed by atoms with Crippen LogP contribution in [-0.4, -0.2) is 27.4 Å². The second kappa shape index (κ2) is 11.2. The first kappa shape index (κ1) is 26.2. The van der Waals surface area contributed by atoms with Gasteiger partial charge in [0, 0.05) is 40.3 Å². The van der Waals surface area contributed by atoms with Crippen LogP contribution in [0.5, 0.6) is 0 Å². The molecule has 200 valence electrons. The number of thiocarbonyl (C=S) groups is 1. The predicted molar refractivity (Wildman–Crippen MR) is 166 cm³/mol. The number of rotatable bonds is 7. The number of furan rings is 1. The van der Waals surface area contributed by atoms with Gasteiger partial charge in [-0.25, -0.2) is 0 Å². The highest BCUT2D eigenvalue weighted by molar-refractivity contribution is 9.10. The summed E-state index contributed by atoms with van der Waals surface area (Å²) in [6, 6.07) is 29.4. The first-order chi connectivity index (χ1) is 19.5. The van der Waals surface area contributed by atoms with E-state index in [1.807, 2.05) is 83.8 Å². The molecule has 0 radical (unpaired) electrons. The Bertz CT molecular complexity index is 1700. The Morgan fingerprint density at radius 1 is 1.05 bits per heavy atom. The highest BCUT2D eigenvalue weighted by Crippen LogP contribution is 2.41. The van der Waals surface area contributed by atoms with E-state index in [0.717, 1.165) is 49.3 Å². The zero-order valence-corrected chi connectivity index (χ0v) is 24.2. The molecule has 40 heavy (non-hydrogen) atoms. The molecule has 6 rings (SSSR count). The van der Waals surface area contributed by atoms with Crippen molar-refractivity contribution in [2.24, 2.45) is 0 Å². The van der Waals surface area contributed by atoms with Crippen LogP contribution >= 0.6 is 28.1 Å². The van der Waals surface area contributed by atoms with Crippen molar-refractivity contribution in [1.29, 1.82) is 0 Å². The maximum absolute atomic E-state index is 13.1. The molecule has 6 nitrogen and oxygen atoms in total. The van der Waals surface area contributed by atoms with Crippen LogP contribution in [0.2, 0.25) is 0 Å². The van der Waals surface area contributed by atoms with Crippen LogP contribution in [0.4, 0.5) is 5.69 Å². The number of pyridine rings is 1. The van der Waals surface area contributed by atoms with E-state index in [0.29, 0.717) is 11.7 Å². The lowest BCUT2D eigenvalue weighted by Crippen LogP contribution is -2.32. The number of nitrogens with one attached hydrogen (secondary N) is 2. The molecule has 2 aromatic heterocycles. The summed E-state index contributed by atoms with van der Waals surface area (Å²) >= 11 is 9.45. The smallest absolute Gasteiger partial charge is 0.226 e. The standard InChI is InChI=1S/C32H27BrN4O2S/c1-20-12-13-23(24(33)19-20)27-14-15-28(39-27)31-30(26-10-4-5-17-34-26)36-32(40)37(31)18-16-29(38)35-25-11-6-8-21-7-2-3-9-22(21)25/h2-15,17,19,30-31H,16,18H2,1H3,(H,35,38)(H,36,40)/t30-,31+/m0/s1. The van der Waals surface area contributed by atoms with E-state index in [1.165, 1.54) is 0 Å². The second-order valence-corrected chi connectivity index (χ2v) is 11.1. The van der Waals surface area contributed by atoms with E-state index in [4.69, 9.17) is 16.6 Å². The zero-order chi connectivity index (χ0) is 27.6. The number of carbonyl (C=O) groups is 1. The van der Waals surface area contributed by atoms with E-state index in [1.54, 1.807) is 6.20 Å². The highest BCUT2D eigenvalue weighted by atomic mass is 79.9. The highest BCUT2D eigenvalue weighted by Gasteiger charge is 2.41. The number of nitrogens with zero attached hydrogens (tertiary/aromatic N) is 2. The number of aryl methyl sites for hydroxylation is 1. The Morgan fingerprint density at radius 3 is 2.70 bits per heavy atom. The van der Waals surface area contributed by atoms with E-state index in [9.17, 15) is 4.79 Å². The van der Waals surface area contributed by atoms with Crippen LogP contribution < -0.4 is 10.6 Å². The van der Waals surface area contributed by atoms with Gasteiger partial charge in [-0.3, -0.25) is 9.78 Å². The van der Waals surface area contributed by atoms with Gasteiger partial charge in [0.15, 0.2) is 5.11 Å². The maximum Gasteiger partial charge on any atom is 0.226 e. The lowest BCUT2D eigenvalue weighted by molar-refractivity contribution is -0.116. The number of carbonyl (C=O) groups excluding carboxylic acids is 1. The van der Waals surface area contributed by atoms with Gasteiger partial charge in [-0.2, -0.15) is 0 Å². The lowest BCUT2D eigenvalue weighted by atomic mass is 10.0. The topological polar surface area (TPSA) is 70.4 Å². The maximum atomic E-state index is 13.1. The van der Waals surface area contributed by atoms with Gasteiger partial charge in [-0.05, 0) is 72.6 Å². The van der Waals surface area contributed by atoms with Crippen molar-refractivity contribution in [1.82, 2.24) is 15.2 Å². The summed E-state index contributed by atoms with van der Waals surface area (Å²) in [7, 11) is 0. The minimum absolute atomic E-state index is 0.0806. The van der Waals surface area contributed by atoms with Crippen LogP contribution in [0.15, 0.2) is 106 Å². The number of hydrogen-bond acceptors (Lipinski definition) is 4. The third kappa shape index (κ3) is 5.24. The molecule has 1 saturated heterocycles. The molecule has 0 spiro atoms. The molecule has 5 aromatic rings. The predicted octanol–water partition coefficient (Wildman–Crippen LogP) is 7.57. The van der Waals surface area contributed by atoms with Crippen molar-refractivity contribution in [3.63, 3.8) is 0 Å². The average Bonchev–Trinajstić information content (AvgIpc) is 3.57. The molecule has 1 fully saturated rings. The number of fused-ring (bicyclic) bond motifs is 1. The molecule has 2 atom stereocenters. The van der Waals surface area contributed by atoms with Crippen LogP contribution in [0.25, 0.3) is 22.1 Å². The summed E-state index contributed by atoms with van der Waals surface area (Å²) in [4.78, 5) is 19.8. The summed E-state index contributed by atoms with van der Waals surface area (Å²) in [6.45, 7) is 2.47. The van der Waals surface area contributed by atoms with Gasteiger partial charge in [0.05, 0.1) is 11.7 Å². The van der Waals surface area contributed by atoms with Crippen molar-refractivity contribution in [2.75, 3.05) is 11.9 Å². The summed E-state index contributed by atoms with van der Waals surface area (Å²) in [5.41, 5.74) is 3.79. The molecular weight excluding hydrogens is 584 g/mol. The van der Waals surface area contributed by atoms with Crippen LogP contribution in [0.1, 0.15) is 35.5 Å². The van der Waals surface area contributed by atoms with Gasteiger partial charge in [0.25, 0.3) is 0 Å². The third-order valence-corrected chi connectivity index (χ3v) is 8.16. The first-order valence-corrected chi connectivity index (χ1v) is 14.3. The summed E-state index contributed by atoms with van der Waals surface area (Å²) in [6.07, 6.45) is 2.03. The molecule has 1 amide bonds. The number of benzene rings is 3. The van der Waals surface area contributed by atoms with E-state index in [2.05, 4.69) is 50.6 Å². The van der Waals surface area contributed by atoms with E-state index >= 15 is 0 Å². The average molecular weight is 612 g/mol.